The number of carbonyl (C=O) groups is 2. The highest BCUT2D eigenvalue weighted by molar-refractivity contribution is 5.77. The SMILES string of the molecule is CC/C=C\C/C=C\C/C=C\C/C=C\C/C=C\CCCC(=O)OC(CCCCC/C=C/CCCCCCCCCCC)CC(=O)NC(CO)C(O)CCCCCCCCCCCCC. The number of rotatable bonds is 47. The van der Waals surface area contributed by atoms with E-state index in [1.165, 1.54) is 109 Å². The van der Waals surface area contributed by atoms with Gasteiger partial charge < -0.3 is 20.3 Å². The Labute approximate surface area is 390 Å². The van der Waals surface area contributed by atoms with Gasteiger partial charge in [0.25, 0.3) is 0 Å². The standard InChI is InChI=1S/C57H101NO5/c1-4-7-10-13-16-19-22-24-26-28-30-32-35-38-41-44-47-50-57(62)63-53(48-45-42-39-36-34-31-29-27-25-23-20-17-14-11-8-5-2)51-56(61)58-54(52-59)55(60)49-46-43-40-37-33-21-18-15-12-9-6-3/h7,10,16,19,24,26,30-32,34,38,41,53-55,59-60H,4-6,8-9,11-15,17-18,20-23,25,27-29,33,35-37,39-40,42-52H2,1-3H3,(H,58,61)/b10-7-,19-16-,26-24-,32-30-,34-31+,41-38-. The summed E-state index contributed by atoms with van der Waals surface area (Å²) in [7, 11) is 0. The normalized spacial score (nSPS) is 13.8. The van der Waals surface area contributed by atoms with Crippen molar-refractivity contribution in [3.63, 3.8) is 0 Å². The minimum absolute atomic E-state index is 0.0425. The second kappa shape index (κ2) is 50.3. The topological polar surface area (TPSA) is 95.9 Å². The maximum Gasteiger partial charge on any atom is 0.306 e. The minimum Gasteiger partial charge on any atom is -0.462 e. The van der Waals surface area contributed by atoms with Gasteiger partial charge in [0.1, 0.15) is 6.10 Å². The Balaban J connectivity index is 4.70. The Bertz CT molecular complexity index is 1170. The van der Waals surface area contributed by atoms with Crippen LogP contribution in [0.4, 0.5) is 0 Å². The van der Waals surface area contributed by atoms with Crippen molar-refractivity contribution in [1.29, 1.82) is 0 Å². The lowest BCUT2D eigenvalue weighted by molar-refractivity contribution is -0.151. The van der Waals surface area contributed by atoms with Gasteiger partial charge in [0.15, 0.2) is 0 Å². The van der Waals surface area contributed by atoms with Crippen molar-refractivity contribution in [3.8, 4) is 0 Å². The molecule has 0 aliphatic heterocycles. The van der Waals surface area contributed by atoms with E-state index < -0.39 is 18.2 Å². The first-order valence-corrected chi connectivity index (χ1v) is 26.7. The molecule has 0 fully saturated rings. The monoisotopic (exact) mass is 880 g/mol. The van der Waals surface area contributed by atoms with Gasteiger partial charge in [-0.1, -0.05) is 222 Å². The van der Waals surface area contributed by atoms with E-state index in [9.17, 15) is 19.8 Å². The average Bonchev–Trinajstić information content (AvgIpc) is 3.28. The largest absolute Gasteiger partial charge is 0.462 e. The first-order valence-electron chi connectivity index (χ1n) is 26.7. The number of aliphatic hydroxyl groups excluding tert-OH is 2. The number of esters is 1. The quantitative estimate of drug-likeness (QED) is 0.0321. The summed E-state index contributed by atoms with van der Waals surface area (Å²) in [6.07, 6.45) is 64.0. The van der Waals surface area contributed by atoms with Crippen LogP contribution in [-0.4, -0.2) is 46.9 Å². The molecule has 1 amide bonds. The molecule has 0 bridgehead atoms. The number of allylic oxidation sites excluding steroid dienone is 12. The Kier molecular flexibility index (Phi) is 48.1. The average molecular weight is 880 g/mol. The fourth-order valence-electron chi connectivity index (χ4n) is 7.75. The van der Waals surface area contributed by atoms with Crippen LogP contribution < -0.4 is 5.32 Å². The molecule has 0 radical (unpaired) electrons. The summed E-state index contributed by atoms with van der Waals surface area (Å²) in [5.41, 5.74) is 0. The summed E-state index contributed by atoms with van der Waals surface area (Å²) < 4.78 is 5.91. The van der Waals surface area contributed by atoms with Gasteiger partial charge in [-0.05, 0) is 89.9 Å². The second-order valence-corrected chi connectivity index (χ2v) is 17.9. The third-order valence-electron chi connectivity index (χ3n) is 11.8. The van der Waals surface area contributed by atoms with Crippen LogP contribution in [0.3, 0.4) is 0 Å². The number of aliphatic hydroxyl groups is 2. The lowest BCUT2D eigenvalue weighted by Gasteiger charge is -2.24. The van der Waals surface area contributed by atoms with E-state index in [0.29, 0.717) is 25.7 Å². The molecule has 0 rings (SSSR count). The first kappa shape index (κ1) is 60.3. The molecule has 364 valence electrons. The molecule has 0 aliphatic carbocycles. The molecule has 0 heterocycles. The van der Waals surface area contributed by atoms with Crippen molar-refractivity contribution in [2.24, 2.45) is 0 Å². The Morgan fingerprint density at radius 3 is 1.33 bits per heavy atom. The maximum atomic E-state index is 13.2. The minimum atomic E-state index is -0.803. The predicted octanol–water partition coefficient (Wildman–Crippen LogP) is 16.2. The van der Waals surface area contributed by atoms with Gasteiger partial charge in [-0.3, -0.25) is 9.59 Å². The number of ether oxygens (including phenoxy) is 1. The molecule has 63 heavy (non-hydrogen) atoms. The van der Waals surface area contributed by atoms with Crippen LogP contribution in [0.1, 0.15) is 252 Å². The summed E-state index contributed by atoms with van der Waals surface area (Å²) >= 11 is 0. The number of nitrogens with one attached hydrogen (secondary N) is 1. The van der Waals surface area contributed by atoms with Crippen molar-refractivity contribution in [3.05, 3.63) is 72.9 Å². The summed E-state index contributed by atoms with van der Waals surface area (Å²) in [5, 5.41) is 23.7. The van der Waals surface area contributed by atoms with Crippen molar-refractivity contribution in [2.45, 2.75) is 270 Å². The van der Waals surface area contributed by atoms with Gasteiger partial charge in [-0.25, -0.2) is 0 Å². The highest BCUT2D eigenvalue weighted by atomic mass is 16.5. The third kappa shape index (κ3) is 45.7. The molecular formula is C57H101NO5. The van der Waals surface area contributed by atoms with E-state index >= 15 is 0 Å². The molecule has 0 saturated heterocycles. The van der Waals surface area contributed by atoms with Gasteiger partial charge in [0, 0.05) is 6.42 Å². The van der Waals surface area contributed by atoms with E-state index in [1.807, 2.05) is 0 Å². The van der Waals surface area contributed by atoms with Gasteiger partial charge in [-0.2, -0.15) is 0 Å². The molecule has 0 aromatic rings. The molecule has 3 atom stereocenters. The summed E-state index contributed by atoms with van der Waals surface area (Å²) in [6, 6.07) is -0.720. The Morgan fingerprint density at radius 1 is 0.476 bits per heavy atom. The van der Waals surface area contributed by atoms with Crippen molar-refractivity contribution < 1.29 is 24.5 Å². The predicted molar refractivity (Wildman–Crippen MR) is 273 cm³/mol. The van der Waals surface area contributed by atoms with Crippen LogP contribution in [0.15, 0.2) is 72.9 Å². The molecule has 0 aromatic heterocycles. The third-order valence-corrected chi connectivity index (χ3v) is 11.8. The van der Waals surface area contributed by atoms with Crippen LogP contribution in [0.25, 0.3) is 0 Å². The molecule has 3 unspecified atom stereocenters. The van der Waals surface area contributed by atoms with Gasteiger partial charge >= 0.3 is 5.97 Å². The van der Waals surface area contributed by atoms with Crippen LogP contribution in [0, 0.1) is 0 Å². The zero-order valence-corrected chi connectivity index (χ0v) is 41.4. The maximum absolute atomic E-state index is 13.2. The summed E-state index contributed by atoms with van der Waals surface area (Å²) in [5.74, 6) is -0.558. The number of unbranched alkanes of at least 4 members (excludes halogenated alkanes) is 23. The van der Waals surface area contributed by atoms with Crippen LogP contribution in [-0.2, 0) is 14.3 Å². The van der Waals surface area contributed by atoms with E-state index in [-0.39, 0.29) is 24.9 Å². The van der Waals surface area contributed by atoms with Crippen molar-refractivity contribution in [2.75, 3.05) is 6.61 Å². The first-order chi connectivity index (χ1) is 31.0. The zero-order chi connectivity index (χ0) is 45.9. The second-order valence-electron chi connectivity index (χ2n) is 17.9. The zero-order valence-electron chi connectivity index (χ0n) is 41.4. The van der Waals surface area contributed by atoms with E-state index in [1.54, 1.807) is 0 Å². The summed E-state index contributed by atoms with van der Waals surface area (Å²) in [6.45, 7) is 6.35. The number of hydrogen-bond donors (Lipinski definition) is 3. The van der Waals surface area contributed by atoms with Crippen molar-refractivity contribution >= 4 is 11.9 Å². The lowest BCUT2D eigenvalue weighted by atomic mass is 10.0. The number of amides is 1. The number of hydrogen-bond acceptors (Lipinski definition) is 5. The van der Waals surface area contributed by atoms with Crippen LogP contribution in [0.5, 0.6) is 0 Å². The highest BCUT2D eigenvalue weighted by Gasteiger charge is 2.24. The molecule has 3 N–H and O–H groups in total. The molecule has 0 spiro atoms. The van der Waals surface area contributed by atoms with E-state index in [2.05, 4.69) is 99.0 Å². The highest BCUT2D eigenvalue weighted by Crippen LogP contribution is 2.17. The number of carbonyl (C=O) groups excluding carboxylic acids is 2. The summed E-state index contributed by atoms with van der Waals surface area (Å²) in [4.78, 5) is 26.2. The Hall–Kier alpha value is -2.70. The molecule has 6 nitrogen and oxygen atoms in total. The lowest BCUT2D eigenvalue weighted by Crippen LogP contribution is -2.46. The van der Waals surface area contributed by atoms with Crippen molar-refractivity contribution in [1.82, 2.24) is 5.32 Å². The fourth-order valence-corrected chi connectivity index (χ4v) is 7.75. The molecule has 0 aromatic carbocycles. The molecule has 0 aliphatic rings. The van der Waals surface area contributed by atoms with Gasteiger partial charge in [0.05, 0.1) is 25.2 Å². The van der Waals surface area contributed by atoms with Gasteiger partial charge in [0.2, 0.25) is 5.91 Å². The van der Waals surface area contributed by atoms with Crippen LogP contribution in [0.2, 0.25) is 0 Å². The van der Waals surface area contributed by atoms with E-state index in [0.717, 1.165) is 89.9 Å². The molecule has 0 saturated carbocycles. The fraction of sp³-hybridized carbons (Fsp3) is 0.754. The molecular weight excluding hydrogens is 779 g/mol. The Morgan fingerprint density at radius 2 is 0.857 bits per heavy atom. The van der Waals surface area contributed by atoms with Crippen LogP contribution >= 0.6 is 0 Å². The van der Waals surface area contributed by atoms with E-state index in [4.69, 9.17) is 4.74 Å². The smallest absolute Gasteiger partial charge is 0.306 e. The molecule has 6 heteroatoms. The van der Waals surface area contributed by atoms with Gasteiger partial charge in [-0.15, -0.1) is 0 Å².